The number of hydrogen-bond acceptors (Lipinski definition) is 4. The molecule has 3 aromatic carbocycles. The Morgan fingerprint density at radius 3 is 2.23 bits per heavy atom. The molecule has 2 amide bonds. The van der Waals surface area contributed by atoms with E-state index in [-0.39, 0.29) is 44.2 Å². The Morgan fingerprint density at radius 1 is 0.930 bits per heavy atom. The zero-order valence-corrected chi connectivity index (χ0v) is 27.7. The molecule has 7 nitrogen and oxygen atoms in total. The minimum Gasteiger partial charge on any atom is -0.354 e. The molecule has 0 saturated carbocycles. The highest BCUT2D eigenvalue weighted by Gasteiger charge is 2.31. The fourth-order valence-electron chi connectivity index (χ4n) is 4.75. The highest BCUT2D eigenvalue weighted by Crippen LogP contribution is 2.29. The molecule has 3 aromatic rings. The molecular weight excluding hydrogens is 629 g/mol. The summed E-state index contributed by atoms with van der Waals surface area (Å²) in [6.07, 6.45) is 3.31. The molecule has 0 fully saturated rings. The predicted molar refractivity (Wildman–Crippen MR) is 176 cm³/mol. The Labute approximate surface area is 270 Å². The molecule has 3 rings (SSSR count). The molecule has 0 spiro atoms. The maximum atomic E-state index is 14.0. The summed E-state index contributed by atoms with van der Waals surface area (Å²) in [4.78, 5) is 29.1. The van der Waals surface area contributed by atoms with Gasteiger partial charge in [0.2, 0.25) is 21.8 Å². The van der Waals surface area contributed by atoms with Gasteiger partial charge in [-0.2, -0.15) is 0 Å². The molecule has 232 valence electrons. The van der Waals surface area contributed by atoms with Crippen molar-refractivity contribution in [1.29, 1.82) is 0 Å². The van der Waals surface area contributed by atoms with E-state index >= 15 is 0 Å². The number of halogens is 3. The van der Waals surface area contributed by atoms with Crippen LogP contribution in [0, 0.1) is 6.92 Å². The van der Waals surface area contributed by atoms with E-state index in [0.29, 0.717) is 32.9 Å². The molecule has 0 bridgehead atoms. The topological polar surface area (TPSA) is 86.8 Å². The molecule has 1 atom stereocenters. The average Bonchev–Trinajstić information content (AvgIpc) is 2.95. The van der Waals surface area contributed by atoms with Crippen LogP contribution in [-0.4, -0.2) is 50.5 Å². The molecule has 1 N–H and O–H groups in total. The third kappa shape index (κ3) is 10.1. The first-order chi connectivity index (χ1) is 20.4. The zero-order valence-electron chi connectivity index (χ0n) is 24.7. The maximum absolute atomic E-state index is 14.0. The lowest BCUT2D eigenvalue weighted by atomic mass is 10.0. The first kappa shape index (κ1) is 34.7. The molecule has 43 heavy (non-hydrogen) atoms. The highest BCUT2D eigenvalue weighted by atomic mass is 35.5. The molecule has 0 radical (unpaired) electrons. The van der Waals surface area contributed by atoms with Gasteiger partial charge < -0.3 is 10.2 Å². The van der Waals surface area contributed by atoms with Crippen LogP contribution in [0.3, 0.4) is 0 Å². The van der Waals surface area contributed by atoms with E-state index in [1.807, 2.05) is 37.3 Å². The summed E-state index contributed by atoms with van der Waals surface area (Å²) in [5, 5.41) is 4.16. The van der Waals surface area contributed by atoms with E-state index in [1.54, 1.807) is 43.3 Å². The number of amides is 2. The standard InChI is InChI=1S/C32H38Cl3N3O4S/c1-4-5-18-36-32(40)30(20-24-11-7-6-8-12-24)37(22-26-27(34)13-9-14-28(26)35)31(39)15-10-19-38(43(3,41)42)29-21-25(33)17-16-23(29)2/h6-9,11-14,16-17,21,30H,4-5,10,15,18-20,22H2,1-3H3,(H,36,40)/t30-/m0/s1. The molecule has 0 saturated heterocycles. The lowest BCUT2D eigenvalue weighted by molar-refractivity contribution is -0.141. The average molecular weight is 667 g/mol. The molecule has 0 aliphatic heterocycles. The second-order valence-electron chi connectivity index (χ2n) is 10.4. The van der Waals surface area contributed by atoms with Crippen molar-refractivity contribution >= 4 is 62.3 Å². The van der Waals surface area contributed by atoms with Crippen LogP contribution in [0.5, 0.6) is 0 Å². The van der Waals surface area contributed by atoms with Gasteiger partial charge in [-0.25, -0.2) is 8.42 Å². The number of unbranched alkanes of at least 4 members (excludes halogenated alkanes) is 1. The van der Waals surface area contributed by atoms with E-state index in [9.17, 15) is 18.0 Å². The SMILES string of the molecule is CCCCNC(=O)[C@H](Cc1ccccc1)N(Cc1c(Cl)cccc1Cl)C(=O)CCCN(c1cc(Cl)ccc1C)S(C)(=O)=O. The van der Waals surface area contributed by atoms with Gasteiger partial charge in [0.05, 0.1) is 11.9 Å². The van der Waals surface area contributed by atoms with Gasteiger partial charge in [0.15, 0.2) is 0 Å². The van der Waals surface area contributed by atoms with Crippen molar-refractivity contribution in [3.05, 3.63) is 98.5 Å². The van der Waals surface area contributed by atoms with Crippen LogP contribution in [0.2, 0.25) is 15.1 Å². The molecule has 0 heterocycles. The lowest BCUT2D eigenvalue weighted by Gasteiger charge is -2.32. The van der Waals surface area contributed by atoms with Crippen LogP contribution in [0.4, 0.5) is 5.69 Å². The second kappa shape index (κ2) is 16.3. The van der Waals surface area contributed by atoms with E-state index in [0.717, 1.165) is 30.2 Å². The quantitative estimate of drug-likeness (QED) is 0.176. The van der Waals surface area contributed by atoms with Crippen molar-refractivity contribution in [3.8, 4) is 0 Å². The van der Waals surface area contributed by atoms with Gasteiger partial charge in [0.25, 0.3) is 0 Å². The van der Waals surface area contributed by atoms with Gasteiger partial charge in [0, 0.05) is 53.1 Å². The van der Waals surface area contributed by atoms with Gasteiger partial charge >= 0.3 is 0 Å². The monoisotopic (exact) mass is 665 g/mol. The maximum Gasteiger partial charge on any atom is 0.243 e. The van der Waals surface area contributed by atoms with E-state index in [4.69, 9.17) is 34.8 Å². The number of benzene rings is 3. The Balaban J connectivity index is 1.93. The summed E-state index contributed by atoms with van der Waals surface area (Å²) >= 11 is 19.2. The van der Waals surface area contributed by atoms with Crippen LogP contribution in [-0.2, 0) is 32.6 Å². The Bertz CT molecular complexity index is 1480. The number of aryl methyl sites for hydroxylation is 1. The molecular formula is C32H38Cl3N3O4S. The van der Waals surface area contributed by atoms with Crippen molar-refractivity contribution in [2.45, 2.75) is 58.5 Å². The number of anilines is 1. The largest absolute Gasteiger partial charge is 0.354 e. The molecule has 0 unspecified atom stereocenters. The number of nitrogens with one attached hydrogen (secondary N) is 1. The molecule has 0 aliphatic carbocycles. The van der Waals surface area contributed by atoms with Crippen LogP contribution in [0.25, 0.3) is 0 Å². The summed E-state index contributed by atoms with van der Waals surface area (Å²) in [5.41, 5.74) is 2.62. The van der Waals surface area contributed by atoms with Crippen LogP contribution in [0.1, 0.15) is 49.3 Å². The third-order valence-corrected chi connectivity index (χ3v) is 9.21. The van der Waals surface area contributed by atoms with Gasteiger partial charge in [-0.15, -0.1) is 0 Å². The van der Waals surface area contributed by atoms with Gasteiger partial charge in [-0.3, -0.25) is 13.9 Å². The highest BCUT2D eigenvalue weighted by molar-refractivity contribution is 7.92. The normalized spacial score (nSPS) is 12.0. The van der Waals surface area contributed by atoms with Crippen molar-refractivity contribution in [3.63, 3.8) is 0 Å². The lowest BCUT2D eigenvalue weighted by Crippen LogP contribution is -2.50. The van der Waals surface area contributed by atoms with Gasteiger partial charge in [-0.05, 0) is 55.2 Å². The van der Waals surface area contributed by atoms with E-state index < -0.39 is 16.1 Å². The zero-order chi connectivity index (χ0) is 31.6. The van der Waals surface area contributed by atoms with Crippen molar-refractivity contribution in [1.82, 2.24) is 10.2 Å². The van der Waals surface area contributed by atoms with Crippen molar-refractivity contribution in [2.75, 3.05) is 23.7 Å². The van der Waals surface area contributed by atoms with Gasteiger partial charge in [-0.1, -0.05) is 90.6 Å². The Kier molecular flexibility index (Phi) is 13.2. The fraction of sp³-hybridized carbons (Fsp3) is 0.375. The third-order valence-electron chi connectivity index (χ3n) is 7.08. The number of carbonyl (C=O) groups excluding carboxylic acids is 2. The number of sulfonamides is 1. The van der Waals surface area contributed by atoms with E-state index in [2.05, 4.69) is 5.32 Å². The minimum absolute atomic E-state index is 0.0127. The summed E-state index contributed by atoms with van der Waals surface area (Å²) in [5.74, 6) is -0.597. The smallest absolute Gasteiger partial charge is 0.243 e. The predicted octanol–water partition coefficient (Wildman–Crippen LogP) is 7.06. The van der Waals surface area contributed by atoms with Gasteiger partial charge in [0.1, 0.15) is 6.04 Å². The summed E-state index contributed by atoms with van der Waals surface area (Å²) in [6, 6.07) is 18.8. The first-order valence-corrected chi connectivity index (χ1v) is 17.2. The van der Waals surface area contributed by atoms with Crippen LogP contribution < -0.4 is 9.62 Å². The fourth-order valence-corrected chi connectivity index (χ4v) is 6.45. The molecule has 11 heteroatoms. The summed E-state index contributed by atoms with van der Waals surface area (Å²) in [7, 11) is -3.67. The first-order valence-electron chi connectivity index (χ1n) is 14.2. The Hall–Kier alpha value is -2.78. The molecule has 0 aliphatic rings. The summed E-state index contributed by atoms with van der Waals surface area (Å²) < 4.78 is 26.8. The number of hydrogen-bond donors (Lipinski definition) is 1. The van der Waals surface area contributed by atoms with Crippen molar-refractivity contribution < 1.29 is 18.0 Å². The number of nitrogens with zero attached hydrogens (tertiary/aromatic N) is 2. The number of carbonyl (C=O) groups is 2. The van der Waals surface area contributed by atoms with Crippen LogP contribution in [0.15, 0.2) is 66.7 Å². The Morgan fingerprint density at radius 2 is 1.60 bits per heavy atom. The summed E-state index contributed by atoms with van der Waals surface area (Å²) in [6.45, 7) is 4.39. The second-order valence-corrected chi connectivity index (χ2v) is 13.6. The number of rotatable bonds is 15. The minimum atomic E-state index is -3.67. The molecule has 0 aromatic heterocycles. The van der Waals surface area contributed by atoms with E-state index in [1.165, 1.54) is 9.21 Å². The van der Waals surface area contributed by atoms with Crippen LogP contribution >= 0.6 is 34.8 Å². The van der Waals surface area contributed by atoms with Crippen molar-refractivity contribution in [2.24, 2.45) is 0 Å².